The van der Waals surface area contributed by atoms with Crippen molar-refractivity contribution in [3.63, 3.8) is 0 Å². The minimum absolute atomic E-state index is 0.0322. The fourth-order valence-electron chi connectivity index (χ4n) is 2.55. The standard InChI is InChI=1S/C19H16BrF3N2O3/c1-28-12-5-6-15(20)13(9-12)18(27)25-16-7-4-11(8-14(16)19(21,22)23)24-17(26)10-2-3-10/h4-10H,2-3H2,1H3,(H,24,26)(H,25,27). The SMILES string of the molecule is COc1ccc(Br)c(C(=O)Nc2ccc(NC(=O)C3CC3)cc2C(F)(F)F)c1. The van der Waals surface area contributed by atoms with Crippen molar-refractivity contribution in [2.24, 2.45) is 5.92 Å². The van der Waals surface area contributed by atoms with Gasteiger partial charge < -0.3 is 15.4 Å². The van der Waals surface area contributed by atoms with Crippen LogP contribution in [0.5, 0.6) is 5.75 Å². The van der Waals surface area contributed by atoms with E-state index in [1.54, 1.807) is 12.1 Å². The minimum Gasteiger partial charge on any atom is -0.497 e. The highest BCUT2D eigenvalue weighted by molar-refractivity contribution is 9.10. The van der Waals surface area contributed by atoms with E-state index in [9.17, 15) is 22.8 Å². The highest BCUT2D eigenvalue weighted by Gasteiger charge is 2.35. The summed E-state index contributed by atoms with van der Waals surface area (Å²) in [5.41, 5.74) is -1.30. The van der Waals surface area contributed by atoms with Crippen molar-refractivity contribution in [2.75, 3.05) is 17.7 Å². The molecule has 28 heavy (non-hydrogen) atoms. The molecule has 2 N–H and O–H groups in total. The molecular weight excluding hydrogens is 441 g/mol. The predicted molar refractivity (Wildman–Crippen MR) is 101 cm³/mol. The lowest BCUT2D eigenvalue weighted by Gasteiger charge is -2.16. The molecule has 0 spiro atoms. The van der Waals surface area contributed by atoms with Gasteiger partial charge in [0.1, 0.15) is 5.75 Å². The van der Waals surface area contributed by atoms with Gasteiger partial charge in [0.05, 0.1) is 23.9 Å². The Morgan fingerprint density at radius 1 is 1.11 bits per heavy atom. The molecule has 0 aromatic heterocycles. The summed E-state index contributed by atoms with van der Waals surface area (Å²) in [5, 5.41) is 4.76. The van der Waals surface area contributed by atoms with E-state index in [-0.39, 0.29) is 23.1 Å². The first kappa shape index (κ1) is 20.2. The molecular formula is C19H16BrF3N2O3. The van der Waals surface area contributed by atoms with Crippen molar-refractivity contribution in [3.8, 4) is 5.75 Å². The number of anilines is 2. The molecule has 1 fully saturated rings. The molecule has 0 bridgehead atoms. The van der Waals surface area contributed by atoms with Gasteiger partial charge in [-0.05, 0) is 65.2 Å². The van der Waals surface area contributed by atoms with Crippen LogP contribution in [0.1, 0.15) is 28.8 Å². The molecule has 3 rings (SSSR count). The number of benzene rings is 2. The maximum absolute atomic E-state index is 13.5. The second-order valence-corrected chi connectivity index (χ2v) is 7.18. The molecule has 2 amide bonds. The zero-order valence-corrected chi connectivity index (χ0v) is 16.3. The van der Waals surface area contributed by atoms with Gasteiger partial charge in [0.15, 0.2) is 0 Å². The van der Waals surface area contributed by atoms with Crippen molar-refractivity contribution in [3.05, 3.63) is 52.0 Å². The van der Waals surface area contributed by atoms with Gasteiger partial charge in [-0.2, -0.15) is 13.2 Å². The van der Waals surface area contributed by atoms with Crippen LogP contribution in [0.15, 0.2) is 40.9 Å². The van der Waals surface area contributed by atoms with Crippen LogP contribution in [-0.4, -0.2) is 18.9 Å². The van der Waals surface area contributed by atoms with Crippen LogP contribution in [-0.2, 0) is 11.0 Å². The monoisotopic (exact) mass is 456 g/mol. The molecule has 9 heteroatoms. The smallest absolute Gasteiger partial charge is 0.418 e. The topological polar surface area (TPSA) is 67.4 Å². The summed E-state index contributed by atoms with van der Waals surface area (Å²) in [5.74, 6) is -0.780. The van der Waals surface area contributed by atoms with Gasteiger partial charge in [-0.25, -0.2) is 0 Å². The highest BCUT2D eigenvalue weighted by atomic mass is 79.9. The average Bonchev–Trinajstić information content (AvgIpc) is 3.47. The summed E-state index contributed by atoms with van der Waals surface area (Å²) in [6, 6.07) is 7.85. The molecule has 1 aliphatic rings. The van der Waals surface area contributed by atoms with Gasteiger partial charge in [-0.1, -0.05) is 0 Å². The summed E-state index contributed by atoms with van der Waals surface area (Å²) < 4.78 is 45.9. The molecule has 5 nitrogen and oxygen atoms in total. The Kier molecular flexibility index (Phi) is 5.64. The lowest BCUT2D eigenvalue weighted by molar-refractivity contribution is -0.137. The van der Waals surface area contributed by atoms with Gasteiger partial charge in [-0.3, -0.25) is 9.59 Å². The molecule has 0 saturated heterocycles. The van der Waals surface area contributed by atoms with Crippen LogP contribution >= 0.6 is 15.9 Å². The lowest BCUT2D eigenvalue weighted by Crippen LogP contribution is -2.18. The van der Waals surface area contributed by atoms with E-state index in [2.05, 4.69) is 26.6 Å². The average molecular weight is 457 g/mol. The van der Waals surface area contributed by atoms with E-state index < -0.39 is 23.3 Å². The van der Waals surface area contributed by atoms with Crippen molar-refractivity contribution in [1.82, 2.24) is 0 Å². The number of hydrogen-bond acceptors (Lipinski definition) is 3. The Morgan fingerprint density at radius 3 is 2.43 bits per heavy atom. The van der Waals surface area contributed by atoms with Crippen LogP contribution in [0.3, 0.4) is 0 Å². The van der Waals surface area contributed by atoms with Crippen LogP contribution in [0.4, 0.5) is 24.5 Å². The van der Waals surface area contributed by atoms with Crippen LogP contribution < -0.4 is 15.4 Å². The lowest BCUT2D eigenvalue weighted by atomic mass is 10.1. The molecule has 0 radical (unpaired) electrons. The van der Waals surface area contributed by atoms with E-state index >= 15 is 0 Å². The van der Waals surface area contributed by atoms with Crippen molar-refractivity contribution in [1.29, 1.82) is 0 Å². The van der Waals surface area contributed by atoms with Gasteiger partial charge in [0.2, 0.25) is 5.91 Å². The Morgan fingerprint density at radius 2 is 1.82 bits per heavy atom. The van der Waals surface area contributed by atoms with Crippen LogP contribution in [0, 0.1) is 5.92 Å². The number of hydrogen-bond donors (Lipinski definition) is 2. The number of nitrogens with one attached hydrogen (secondary N) is 2. The van der Waals surface area contributed by atoms with Crippen molar-refractivity contribution < 1.29 is 27.5 Å². The quantitative estimate of drug-likeness (QED) is 0.659. The Labute approximate surface area is 167 Å². The normalized spacial score (nSPS) is 13.8. The molecule has 0 atom stereocenters. The summed E-state index contributed by atoms with van der Waals surface area (Å²) in [4.78, 5) is 24.3. The molecule has 0 aliphatic heterocycles. The molecule has 148 valence electrons. The first-order valence-electron chi connectivity index (χ1n) is 8.36. The number of carbonyl (C=O) groups excluding carboxylic acids is 2. The molecule has 1 aliphatic carbocycles. The number of amides is 2. The summed E-state index contributed by atoms with van der Waals surface area (Å²) in [7, 11) is 1.42. The van der Waals surface area contributed by atoms with Gasteiger partial charge in [-0.15, -0.1) is 0 Å². The molecule has 2 aromatic carbocycles. The minimum atomic E-state index is -4.71. The third-order valence-corrected chi connectivity index (χ3v) is 4.90. The van der Waals surface area contributed by atoms with Gasteiger partial charge >= 0.3 is 6.18 Å². The van der Waals surface area contributed by atoms with E-state index in [1.807, 2.05) is 0 Å². The Bertz CT molecular complexity index is 927. The van der Waals surface area contributed by atoms with E-state index in [0.717, 1.165) is 25.0 Å². The fourth-order valence-corrected chi connectivity index (χ4v) is 2.98. The maximum Gasteiger partial charge on any atom is 0.418 e. The first-order valence-corrected chi connectivity index (χ1v) is 9.15. The fraction of sp³-hybridized carbons (Fsp3) is 0.263. The van der Waals surface area contributed by atoms with E-state index in [1.165, 1.54) is 19.2 Å². The van der Waals surface area contributed by atoms with E-state index in [4.69, 9.17) is 4.74 Å². The third kappa shape index (κ3) is 4.64. The van der Waals surface area contributed by atoms with Crippen molar-refractivity contribution >= 4 is 39.1 Å². The number of ether oxygens (including phenoxy) is 1. The van der Waals surface area contributed by atoms with Gasteiger partial charge in [0, 0.05) is 16.1 Å². The number of alkyl halides is 3. The Balaban J connectivity index is 1.88. The summed E-state index contributed by atoms with van der Waals surface area (Å²) >= 11 is 3.20. The first-order chi connectivity index (χ1) is 13.2. The maximum atomic E-state index is 13.5. The van der Waals surface area contributed by atoms with E-state index in [0.29, 0.717) is 10.2 Å². The zero-order chi connectivity index (χ0) is 20.5. The molecule has 0 unspecified atom stereocenters. The van der Waals surface area contributed by atoms with Crippen molar-refractivity contribution in [2.45, 2.75) is 19.0 Å². The second kappa shape index (κ2) is 7.83. The van der Waals surface area contributed by atoms with Gasteiger partial charge in [0.25, 0.3) is 5.91 Å². The molecule has 1 saturated carbocycles. The summed E-state index contributed by atoms with van der Waals surface area (Å²) in [6.07, 6.45) is -3.24. The van der Waals surface area contributed by atoms with Crippen LogP contribution in [0.25, 0.3) is 0 Å². The number of carbonyl (C=O) groups is 2. The zero-order valence-electron chi connectivity index (χ0n) is 14.7. The number of methoxy groups -OCH3 is 1. The Hall–Kier alpha value is -2.55. The molecule has 2 aromatic rings. The van der Waals surface area contributed by atoms with Crippen LogP contribution in [0.2, 0.25) is 0 Å². The highest BCUT2D eigenvalue weighted by Crippen LogP contribution is 2.38. The summed E-state index contributed by atoms with van der Waals surface area (Å²) in [6.45, 7) is 0. The second-order valence-electron chi connectivity index (χ2n) is 6.32. The largest absolute Gasteiger partial charge is 0.497 e. The number of rotatable bonds is 5. The number of halogens is 4. The molecule has 0 heterocycles. The predicted octanol–water partition coefficient (Wildman–Crippen LogP) is 5.08. The third-order valence-electron chi connectivity index (χ3n) is 4.21.